The Kier molecular flexibility index (Phi) is 3.63. The lowest BCUT2D eigenvalue weighted by Gasteiger charge is -2.53. The van der Waals surface area contributed by atoms with Gasteiger partial charge in [0.05, 0.1) is 6.04 Å². The van der Waals surface area contributed by atoms with Crippen LogP contribution in [0.5, 0.6) is 0 Å². The monoisotopic (exact) mass is 423 g/mol. The predicted molar refractivity (Wildman–Crippen MR) is 115 cm³/mol. The summed E-state index contributed by atoms with van der Waals surface area (Å²) in [4.78, 5) is 5.38. The summed E-state index contributed by atoms with van der Waals surface area (Å²) in [6.07, 6.45) is 8.03. The Morgan fingerprint density at radius 3 is 2.48 bits per heavy atom. The lowest BCUT2D eigenvalue weighted by Crippen LogP contribution is -2.48. The van der Waals surface area contributed by atoms with Crippen molar-refractivity contribution in [1.29, 1.82) is 0 Å². The molecule has 2 aromatic rings. The van der Waals surface area contributed by atoms with Gasteiger partial charge in [-0.2, -0.15) is 0 Å². The van der Waals surface area contributed by atoms with E-state index < -0.39 is 0 Å². The summed E-state index contributed by atoms with van der Waals surface area (Å²) in [6, 6.07) is 11.4. The van der Waals surface area contributed by atoms with Gasteiger partial charge in [0.1, 0.15) is 0 Å². The van der Waals surface area contributed by atoms with Crippen LogP contribution in [0.25, 0.3) is 10.8 Å². The molecule has 140 valence electrons. The zero-order valence-corrected chi connectivity index (χ0v) is 17.1. The van der Waals surface area contributed by atoms with Gasteiger partial charge in [-0.3, -0.25) is 0 Å². The molecule has 3 N–H and O–H groups in total. The van der Waals surface area contributed by atoms with Crippen LogP contribution < -0.4 is 11.1 Å². The summed E-state index contributed by atoms with van der Waals surface area (Å²) in [5, 5.41) is 6.17. The first-order chi connectivity index (χ1) is 13.2. The molecular weight excluding hydrogens is 398 g/mol. The number of hydrogen-bond donors (Lipinski definition) is 2. The molecular formula is C23H26BrN3. The molecule has 5 aliphatic rings. The maximum Gasteiger partial charge on any atom is 0.193 e. The molecule has 3 nitrogen and oxygen atoms in total. The highest BCUT2D eigenvalue weighted by molar-refractivity contribution is 9.09. The molecule has 7 rings (SSSR count). The fraction of sp³-hybridized carbons (Fsp3) is 0.522. The average Bonchev–Trinajstić information content (AvgIpc) is 2.98. The number of alkyl halides is 1. The van der Waals surface area contributed by atoms with E-state index in [1.165, 1.54) is 54.0 Å². The Morgan fingerprint density at radius 2 is 1.74 bits per heavy atom. The molecule has 4 fully saturated rings. The Labute approximate surface area is 168 Å². The van der Waals surface area contributed by atoms with Crippen LogP contribution in [0, 0.1) is 23.7 Å². The Hall–Kier alpha value is -1.55. The van der Waals surface area contributed by atoms with Gasteiger partial charge >= 0.3 is 0 Å². The third-order valence-corrected chi connectivity index (χ3v) is 8.39. The van der Waals surface area contributed by atoms with Gasteiger partial charge in [0.25, 0.3) is 0 Å². The van der Waals surface area contributed by atoms with Crippen molar-refractivity contribution in [3.8, 4) is 0 Å². The van der Waals surface area contributed by atoms with Crippen molar-refractivity contribution in [3.63, 3.8) is 0 Å². The molecule has 4 bridgehead atoms. The van der Waals surface area contributed by atoms with Crippen LogP contribution in [0.15, 0.2) is 35.3 Å². The number of rotatable bonds is 2. The van der Waals surface area contributed by atoms with Gasteiger partial charge in [-0.25, -0.2) is 4.99 Å². The zero-order valence-electron chi connectivity index (χ0n) is 15.5. The van der Waals surface area contributed by atoms with Crippen LogP contribution in [0.2, 0.25) is 0 Å². The first kappa shape index (κ1) is 16.4. The fourth-order valence-electron chi connectivity index (χ4n) is 6.82. The first-order valence-corrected chi connectivity index (χ1v) is 11.4. The molecule has 0 radical (unpaired) electrons. The highest BCUT2D eigenvalue weighted by Crippen LogP contribution is 2.54. The van der Waals surface area contributed by atoms with Crippen molar-refractivity contribution in [2.75, 3.05) is 5.32 Å². The number of guanidine groups is 1. The first-order valence-electron chi connectivity index (χ1n) is 10.4. The van der Waals surface area contributed by atoms with Crippen molar-refractivity contribution in [1.82, 2.24) is 0 Å². The maximum absolute atomic E-state index is 6.44. The van der Waals surface area contributed by atoms with Gasteiger partial charge in [0, 0.05) is 10.5 Å². The third-order valence-electron chi connectivity index (χ3n) is 7.61. The standard InChI is InChI=1S/C23H26BrN3/c24-18-11-15-3-1-2-14-4-5-19(21(18)20(14)15)26-23(25)27-22-16-7-12-6-13(9-16)10-17(22)8-12/h1-5,12-13,16-18,22H,6-11H2,(H3,25,26,27). The smallest absolute Gasteiger partial charge is 0.193 e. The van der Waals surface area contributed by atoms with Crippen LogP contribution in [0.3, 0.4) is 0 Å². The number of halogens is 1. The molecule has 0 aliphatic heterocycles. The van der Waals surface area contributed by atoms with Gasteiger partial charge < -0.3 is 11.1 Å². The summed E-state index contributed by atoms with van der Waals surface area (Å²) in [7, 11) is 0. The predicted octanol–water partition coefficient (Wildman–Crippen LogP) is 5.38. The number of nitrogens with one attached hydrogen (secondary N) is 1. The minimum absolute atomic E-state index is 0.343. The van der Waals surface area contributed by atoms with Gasteiger partial charge in [0.15, 0.2) is 5.96 Å². The number of hydrogen-bond acceptors (Lipinski definition) is 1. The molecule has 4 saturated carbocycles. The molecule has 0 amide bonds. The molecule has 0 spiro atoms. The number of nitrogens with two attached hydrogens (primary N) is 1. The van der Waals surface area contributed by atoms with E-state index in [9.17, 15) is 0 Å². The minimum Gasteiger partial charge on any atom is -0.370 e. The lowest BCUT2D eigenvalue weighted by molar-refractivity contribution is 0.00124. The largest absolute Gasteiger partial charge is 0.370 e. The van der Waals surface area contributed by atoms with Crippen molar-refractivity contribution >= 4 is 38.3 Å². The SMILES string of the molecule is NC(=NC1C2CC3CC(C2)CC1C3)Nc1ccc2cccc3c2c1C(Br)C3. The second-order valence-electron chi connectivity index (χ2n) is 9.27. The molecule has 0 aromatic heterocycles. The van der Waals surface area contributed by atoms with Crippen LogP contribution in [-0.2, 0) is 6.42 Å². The number of anilines is 1. The van der Waals surface area contributed by atoms with E-state index in [4.69, 9.17) is 10.7 Å². The van der Waals surface area contributed by atoms with Crippen LogP contribution in [0.4, 0.5) is 5.69 Å². The molecule has 4 heteroatoms. The van der Waals surface area contributed by atoms with E-state index in [2.05, 4.69) is 51.6 Å². The van der Waals surface area contributed by atoms with Crippen LogP contribution in [0.1, 0.15) is 48.1 Å². The lowest BCUT2D eigenvalue weighted by atomic mass is 9.54. The summed E-state index contributed by atoms with van der Waals surface area (Å²) >= 11 is 3.88. The highest BCUT2D eigenvalue weighted by atomic mass is 79.9. The van der Waals surface area contributed by atoms with Gasteiger partial charge in [-0.15, -0.1) is 0 Å². The zero-order chi connectivity index (χ0) is 18.1. The van der Waals surface area contributed by atoms with E-state index in [0.29, 0.717) is 16.8 Å². The van der Waals surface area contributed by atoms with E-state index >= 15 is 0 Å². The third kappa shape index (κ3) is 2.55. The van der Waals surface area contributed by atoms with Crippen molar-refractivity contribution in [3.05, 3.63) is 41.5 Å². The van der Waals surface area contributed by atoms with Gasteiger partial charge in [-0.05, 0) is 90.2 Å². The second kappa shape index (κ2) is 5.97. The van der Waals surface area contributed by atoms with E-state index in [1.807, 2.05) is 0 Å². The second-order valence-corrected chi connectivity index (χ2v) is 10.4. The fourth-order valence-corrected chi connectivity index (χ4v) is 7.65. The molecule has 27 heavy (non-hydrogen) atoms. The van der Waals surface area contributed by atoms with E-state index in [-0.39, 0.29) is 0 Å². The van der Waals surface area contributed by atoms with Crippen molar-refractivity contribution in [2.24, 2.45) is 34.4 Å². The quantitative estimate of drug-likeness (QED) is 0.386. The summed E-state index contributed by atoms with van der Waals surface area (Å²) in [5.74, 6) is 4.09. The molecule has 2 aromatic carbocycles. The molecule has 0 heterocycles. The normalized spacial score (nSPS) is 36.6. The molecule has 1 unspecified atom stereocenters. The molecule has 1 atom stereocenters. The summed E-state index contributed by atoms with van der Waals surface area (Å²) in [5.41, 5.74) is 10.3. The summed E-state index contributed by atoms with van der Waals surface area (Å²) in [6.45, 7) is 0. The maximum atomic E-state index is 6.44. The van der Waals surface area contributed by atoms with E-state index in [0.717, 1.165) is 35.8 Å². The van der Waals surface area contributed by atoms with Gasteiger partial charge in [0.2, 0.25) is 0 Å². The Morgan fingerprint density at radius 1 is 1.00 bits per heavy atom. The van der Waals surface area contributed by atoms with E-state index in [1.54, 1.807) is 0 Å². The molecule has 0 saturated heterocycles. The molecule has 5 aliphatic carbocycles. The number of benzene rings is 2. The van der Waals surface area contributed by atoms with Crippen molar-refractivity contribution in [2.45, 2.75) is 49.4 Å². The summed E-state index contributed by atoms with van der Waals surface area (Å²) < 4.78 is 0. The number of aliphatic imine (C=N–C) groups is 1. The highest BCUT2D eigenvalue weighted by Gasteiger charge is 2.48. The van der Waals surface area contributed by atoms with Crippen LogP contribution in [-0.4, -0.2) is 12.0 Å². The Bertz CT molecular complexity index is 922. The average molecular weight is 424 g/mol. The van der Waals surface area contributed by atoms with Gasteiger partial charge in [-0.1, -0.05) is 40.2 Å². The minimum atomic E-state index is 0.343. The Balaban J connectivity index is 1.31. The van der Waals surface area contributed by atoms with Crippen LogP contribution >= 0.6 is 15.9 Å². The topological polar surface area (TPSA) is 50.4 Å². The van der Waals surface area contributed by atoms with Crippen molar-refractivity contribution < 1.29 is 0 Å². The number of nitrogens with zero attached hydrogens (tertiary/aromatic N) is 1.